The molecule has 1 unspecified atom stereocenters. The molecule has 1 fully saturated rings. The second kappa shape index (κ2) is 13.1. The minimum absolute atomic E-state index is 0.0416. The SMILES string of the molecule is CCNP(=O)(NCC)OC(c1ccc(OCCc2nc(-c3ccccc3)oc2C)c(F)c1)P1(=O)N(C)CCN1C. The van der Waals surface area contributed by atoms with E-state index in [0.29, 0.717) is 49.8 Å². The van der Waals surface area contributed by atoms with Crippen molar-refractivity contribution in [3.8, 4) is 17.2 Å². The molecule has 0 aliphatic carbocycles. The zero-order valence-electron chi connectivity index (χ0n) is 23.6. The molecule has 0 radical (unpaired) electrons. The van der Waals surface area contributed by atoms with Crippen molar-refractivity contribution in [2.45, 2.75) is 33.0 Å². The Morgan fingerprint density at radius 1 is 1.10 bits per heavy atom. The number of aromatic nitrogens is 1. The number of aryl methyl sites for hydroxylation is 1. The first-order valence-corrected chi connectivity index (χ1v) is 16.7. The van der Waals surface area contributed by atoms with E-state index in [4.69, 9.17) is 13.7 Å². The van der Waals surface area contributed by atoms with E-state index in [1.807, 2.05) is 37.3 Å². The number of halogens is 1. The topological polar surface area (TPSA) is 109 Å². The molecule has 2 aromatic carbocycles. The fourth-order valence-corrected chi connectivity index (χ4v) is 9.53. The van der Waals surface area contributed by atoms with Crippen molar-refractivity contribution in [1.82, 2.24) is 24.5 Å². The number of hydrogen-bond acceptors (Lipinski definition) is 6. The number of oxazole rings is 1. The predicted molar refractivity (Wildman–Crippen MR) is 154 cm³/mol. The van der Waals surface area contributed by atoms with Gasteiger partial charge in [0.25, 0.3) is 0 Å². The van der Waals surface area contributed by atoms with Gasteiger partial charge in [0.2, 0.25) is 13.3 Å². The van der Waals surface area contributed by atoms with Gasteiger partial charge in [-0.2, -0.15) is 0 Å². The highest BCUT2D eigenvalue weighted by Gasteiger charge is 2.49. The van der Waals surface area contributed by atoms with Gasteiger partial charge in [0.05, 0.1) is 12.3 Å². The highest BCUT2D eigenvalue weighted by molar-refractivity contribution is 7.61. The molecule has 0 saturated carbocycles. The summed E-state index contributed by atoms with van der Waals surface area (Å²) in [5, 5.41) is 5.70. The predicted octanol–water partition coefficient (Wildman–Crippen LogP) is 5.82. The van der Waals surface area contributed by atoms with Crippen LogP contribution >= 0.6 is 15.1 Å². The maximum Gasteiger partial charge on any atom is 0.341 e. The van der Waals surface area contributed by atoms with Crippen LogP contribution in [0.25, 0.3) is 11.5 Å². The lowest BCUT2D eigenvalue weighted by Crippen LogP contribution is -2.28. The molecule has 3 aromatic rings. The van der Waals surface area contributed by atoms with Crippen molar-refractivity contribution in [2.24, 2.45) is 0 Å². The first-order chi connectivity index (χ1) is 19.1. The zero-order valence-corrected chi connectivity index (χ0v) is 25.4. The van der Waals surface area contributed by atoms with Crippen molar-refractivity contribution < 1.29 is 27.2 Å². The van der Waals surface area contributed by atoms with E-state index in [2.05, 4.69) is 15.2 Å². The molecule has 2 heterocycles. The summed E-state index contributed by atoms with van der Waals surface area (Å²) < 4.78 is 64.2. The first-order valence-electron chi connectivity index (χ1n) is 13.4. The molecule has 0 amide bonds. The third-order valence-corrected chi connectivity index (χ3v) is 12.3. The van der Waals surface area contributed by atoms with E-state index in [1.165, 1.54) is 12.1 Å². The van der Waals surface area contributed by atoms with E-state index in [-0.39, 0.29) is 12.4 Å². The summed E-state index contributed by atoms with van der Waals surface area (Å²) in [4.78, 5) is 4.57. The van der Waals surface area contributed by atoms with Gasteiger partial charge in [0.15, 0.2) is 17.4 Å². The maximum absolute atomic E-state index is 15.3. The van der Waals surface area contributed by atoms with Crippen molar-refractivity contribution in [3.63, 3.8) is 0 Å². The Balaban J connectivity index is 1.53. The molecule has 10 nitrogen and oxygen atoms in total. The average Bonchev–Trinajstić information content (AvgIpc) is 3.43. The maximum atomic E-state index is 15.3. The van der Waals surface area contributed by atoms with Crippen molar-refractivity contribution in [1.29, 1.82) is 0 Å². The Hall–Kier alpha value is -2.36. The van der Waals surface area contributed by atoms with Crippen LogP contribution in [0, 0.1) is 12.7 Å². The third-order valence-electron chi connectivity index (χ3n) is 6.76. The minimum atomic E-state index is -3.59. The summed E-state index contributed by atoms with van der Waals surface area (Å²) in [6, 6.07) is 13.9. The van der Waals surface area contributed by atoms with Gasteiger partial charge in [-0.25, -0.2) is 28.9 Å². The van der Waals surface area contributed by atoms with Crippen LogP contribution < -0.4 is 14.9 Å². The lowest BCUT2D eigenvalue weighted by Gasteiger charge is -2.35. The Morgan fingerprint density at radius 2 is 1.75 bits per heavy atom. The Bertz CT molecular complexity index is 1360. The standard InChI is InChI=1S/C27H38FN5O5P2/c1-6-29-40(35,30-7-2)38-27(39(34)32(4)16-17-33(39)5)22-13-14-25(23(28)19-22)36-18-15-24-20(3)37-26(31-24)21-11-9-8-10-12-21/h8-14,19,27H,6-7,15-18H2,1-5H3,(H2,29,30,35). The first kappa shape index (κ1) is 30.6. The monoisotopic (exact) mass is 593 g/mol. The summed E-state index contributed by atoms with van der Waals surface area (Å²) in [5.74, 6) is -0.547. The number of nitrogens with zero attached hydrogens (tertiary/aromatic N) is 3. The zero-order chi connectivity index (χ0) is 28.9. The van der Waals surface area contributed by atoms with Crippen LogP contribution in [0.3, 0.4) is 0 Å². The number of nitrogens with one attached hydrogen (secondary N) is 2. The Labute approximate surface area is 235 Å². The number of ether oxygens (including phenoxy) is 1. The molecule has 40 heavy (non-hydrogen) atoms. The fraction of sp³-hybridized carbons (Fsp3) is 0.444. The Kier molecular flexibility index (Phi) is 10.0. The Morgan fingerprint density at radius 3 is 2.35 bits per heavy atom. The third kappa shape index (κ3) is 6.58. The number of rotatable bonds is 13. The molecule has 1 aliphatic heterocycles. The van der Waals surface area contributed by atoms with Gasteiger partial charge in [-0.1, -0.05) is 38.1 Å². The number of likely N-dealkylation sites (N-methyl/N-ethyl adjacent to an activating group) is 2. The van der Waals surface area contributed by atoms with Gasteiger partial charge >= 0.3 is 7.67 Å². The second-order valence-corrected chi connectivity index (χ2v) is 14.5. The highest BCUT2D eigenvalue weighted by Crippen LogP contribution is 2.69. The fourth-order valence-electron chi connectivity index (χ4n) is 4.61. The molecule has 4 rings (SSSR count). The molecule has 0 bridgehead atoms. The van der Waals surface area contributed by atoms with Gasteiger partial charge in [0, 0.05) is 38.2 Å². The quantitative estimate of drug-likeness (QED) is 0.235. The molecular weight excluding hydrogens is 555 g/mol. The van der Waals surface area contributed by atoms with E-state index in [1.54, 1.807) is 43.4 Å². The van der Waals surface area contributed by atoms with Crippen molar-refractivity contribution in [2.75, 3.05) is 46.9 Å². The molecule has 1 saturated heterocycles. The van der Waals surface area contributed by atoms with Crippen LogP contribution in [0.1, 0.15) is 36.7 Å². The summed E-state index contributed by atoms with van der Waals surface area (Å²) in [5.41, 5.74) is 1.92. The van der Waals surface area contributed by atoms with Crippen LogP contribution in [0.15, 0.2) is 52.9 Å². The summed E-state index contributed by atoms with van der Waals surface area (Å²) >= 11 is 0. The van der Waals surface area contributed by atoms with E-state index in [9.17, 15) is 9.13 Å². The lowest BCUT2D eigenvalue weighted by atomic mass is 10.2. The van der Waals surface area contributed by atoms with E-state index >= 15 is 4.39 Å². The molecule has 0 spiro atoms. The molecule has 2 N–H and O–H groups in total. The number of hydrogen-bond donors (Lipinski definition) is 2. The van der Waals surface area contributed by atoms with Gasteiger partial charge < -0.3 is 9.15 Å². The van der Waals surface area contributed by atoms with Crippen LogP contribution in [-0.2, 0) is 20.1 Å². The minimum Gasteiger partial charge on any atom is -0.490 e. The van der Waals surface area contributed by atoms with Crippen molar-refractivity contribution in [3.05, 3.63) is 71.4 Å². The van der Waals surface area contributed by atoms with Crippen LogP contribution in [0.2, 0.25) is 0 Å². The van der Waals surface area contributed by atoms with Crippen LogP contribution in [0.4, 0.5) is 4.39 Å². The normalized spacial score (nSPS) is 16.9. The van der Waals surface area contributed by atoms with Gasteiger partial charge in [0.1, 0.15) is 5.76 Å². The lowest BCUT2D eigenvalue weighted by molar-refractivity contribution is 0.247. The number of benzene rings is 2. The van der Waals surface area contributed by atoms with E-state index in [0.717, 1.165) is 11.3 Å². The van der Waals surface area contributed by atoms with Gasteiger partial charge in [-0.05, 0) is 50.8 Å². The van der Waals surface area contributed by atoms with Crippen LogP contribution in [-0.4, -0.2) is 61.2 Å². The van der Waals surface area contributed by atoms with Crippen LogP contribution in [0.5, 0.6) is 5.75 Å². The van der Waals surface area contributed by atoms with E-state index < -0.39 is 26.8 Å². The van der Waals surface area contributed by atoms with Crippen molar-refractivity contribution >= 4 is 15.1 Å². The molecule has 13 heteroatoms. The largest absolute Gasteiger partial charge is 0.490 e. The molecule has 1 aliphatic rings. The average molecular weight is 594 g/mol. The molecule has 1 aromatic heterocycles. The molecule has 218 valence electrons. The molecular formula is C27H38FN5O5P2. The summed E-state index contributed by atoms with van der Waals surface area (Å²) in [6.45, 7) is 7.42. The highest BCUT2D eigenvalue weighted by atomic mass is 31.2. The molecule has 1 atom stereocenters. The second-order valence-electron chi connectivity index (χ2n) is 9.56. The smallest absolute Gasteiger partial charge is 0.341 e. The van der Waals surface area contributed by atoms with Gasteiger partial charge in [-0.3, -0.25) is 13.7 Å². The van der Waals surface area contributed by atoms with Gasteiger partial charge in [-0.15, -0.1) is 0 Å². The summed E-state index contributed by atoms with van der Waals surface area (Å²) in [6.07, 6.45) is 0.425. The summed E-state index contributed by atoms with van der Waals surface area (Å²) in [7, 11) is -3.51.